The number of sulfonamides is 1. The molecule has 1 aliphatic rings. The fourth-order valence-electron chi connectivity index (χ4n) is 2.95. The maximum Gasteiger partial charge on any atom is 0.244 e. The van der Waals surface area contributed by atoms with Crippen LogP contribution in [0, 0.1) is 0 Å². The van der Waals surface area contributed by atoms with Crippen molar-refractivity contribution in [1.29, 1.82) is 0 Å². The predicted molar refractivity (Wildman–Crippen MR) is 109 cm³/mol. The number of piperazine rings is 1. The number of carbonyl (C=O) groups is 1. The maximum atomic E-state index is 12.8. The zero-order valence-corrected chi connectivity index (χ0v) is 17.3. The highest BCUT2D eigenvalue weighted by atomic mass is 35.5. The Labute approximate surface area is 169 Å². The van der Waals surface area contributed by atoms with Gasteiger partial charge in [-0.05, 0) is 31.2 Å². The van der Waals surface area contributed by atoms with E-state index in [-0.39, 0.29) is 34.2 Å². The lowest BCUT2D eigenvalue weighted by Gasteiger charge is -2.35. The van der Waals surface area contributed by atoms with Crippen molar-refractivity contribution in [3.8, 4) is 0 Å². The third-order valence-electron chi connectivity index (χ3n) is 4.41. The van der Waals surface area contributed by atoms with Gasteiger partial charge in [0.05, 0.1) is 10.3 Å². The second-order valence-electron chi connectivity index (χ2n) is 6.23. The minimum atomic E-state index is -3.65. The summed E-state index contributed by atoms with van der Waals surface area (Å²) in [6.07, 6.45) is 0. The van der Waals surface area contributed by atoms with Gasteiger partial charge < -0.3 is 4.90 Å². The number of rotatable bonds is 5. The van der Waals surface area contributed by atoms with E-state index >= 15 is 0 Å². The Bertz CT molecular complexity index is 898. The molecular formula is C19H21ClN2O3S2. The van der Waals surface area contributed by atoms with E-state index in [2.05, 4.69) is 0 Å². The zero-order chi connectivity index (χ0) is 19.4. The van der Waals surface area contributed by atoms with E-state index in [9.17, 15) is 13.2 Å². The molecule has 8 heteroatoms. The molecule has 144 valence electrons. The molecule has 0 saturated carbocycles. The minimum absolute atomic E-state index is 0.0265. The maximum absolute atomic E-state index is 12.8. The number of halogens is 1. The highest BCUT2D eigenvalue weighted by Gasteiger charge is 2.32. The van der Waals surface area contributed by atoms with E-state index in [1.54, 1.807) is 23.1 Å². The molecule has 0 aliphatic carbocycles. The summed E-state index contributed by atoms with van der Waals surface area (Å²) < 4.78 is 27.0. The molecule has 1 saturated heterocycles. The Morgan fingerprint density at radius 3 is 2.22 bits per heavy atom. The van der Waals surface area contributed by atoms with Crippen molar-refractivity contribution in [2.45, 2.75) is 22.0 Å². The standard InChI is InChI=1S/C19H21ClN2O3S2/c1-15(26-16-7-3-2-4-8-16)19(23)21-11-13-22(14-12-21)27(24,25)18-10-6-5-9-17(18)20/h2-10,15H,11-14H2,1H3. The average molecular weight is 425 g/mol. The summed E-state index contributed by atoms with van der Waals surface area (Å²) in [5, 5.41) is -0.0111. The molecule has 1 fully saturated rings. The van der Waals surface area contributed by atoms with Crippen LogP contribution in [0.5, 0.6) is 0 Å². The van der Waals surface area contributed by atoms with Gasteiger partial charge in [-0.2, -0.15) is 4.31 Å². The fraction of sp³-hybridized carbons (Fsp3) is 0.316. The van der Waals surface area contributed by atoms with Gasteiger partial charge in [-0.25, -0.2) is 8.42 Å². The highest BCUT2D eigenvalue weighted by Crippen LogP contribution is 2.27. The van der Waals surface area contributed by atoms with Gasteiger partial charge in [0.25, 0.3) is 0 Å². The van der Waals surface area contributed by atoms with Crippen molar-refractivity contribution in [3.63, 3.8) is 0 Å². The van der Waals surface area contributed by atoms with Crippen LogP contribution in [0.1, 0.15) is 6.92 Å². The lowest BCUT2D eigenvalue weighted by molar-refractivity contribution is -0.131. The number of thioether (sulfide) groups is 1. The molecule has 1 atom stereocenters. The first-order chi connectivity index (χ1) is 12.9. The first kappa shape index (κ1) is 20.2. The predicted octanol–water partition coefficient (Wildman–Crippen LogP) is 3.35. The van der Waals surface area contributed by atoms with Crippen LogP contribution in [-0.4, -0.2) is 55.0 Å². The van der Waals surface area contributed by atoms with Gasteiger partial charge in [-0.3, -0.25) is 4.79 Å². The van der Waals surface area contributed by atoms with Crippen molar-refractivity contribution in [1.82, 2.24) is 9.21 Å². The van der Waals surface area contributed by atoms with Crippen LogP contribution in [0.15, 0.2) is 64.4 Å². The molecular weight excluding hydrogens is 404 g/mol. The number of amides is 1. The summed E-state index contributed by atoms with van der Waals surface area (Å²) in [6.45, 7) is 3.17. The molecule has 1 aliphatic heterocycles. The van der Waals surface area contributed by atoms with Crippen molar-refractivity contribution in [3.05, 3.63) is 59.6 Å². The second kappa shape index (κ2) is 8.65. The summed E-state index contributed by atoms with van der Waals surface area (Å²) in [4.78, 5) is 15.6. The summed E-state index contributed by atoms with van der Waals surface area (Å²) in [5.74, 6) is 0.0265. The van der Waals surface area contributed by atoms with Crippen LogP contribution in [0.2, 0.25) is 5.02 Å². The summed E-state index contributed by atoms with van der Waals surface area (Å²) >= 11 is 7.56. The van der Waals surface area contributed by atoms with E-state index in [0.717, 1.165) is 4.90 Å². The number of hydrogen-bond acceptors (Lipinski definition) is 4. The molecule has 0 aromatic heterocycles. The summed E-state index contributed by atoms with van der Waals surface area (Å²) in [5.41, 5.74) is 0. The molecule has 2 aromatic rings. The van der Waals surface area contributed by atoms with E-state index in [1.165, 1.54) is 22.1 Å². The molecule has 1 amide bonds. The van der Waals surface area contributed by atoms with E-state index in [1.807, 2.05) is 37.3 Å². The van der Waals surface area contributed by atoms with Crippen LogP contribution >= 0.6 is 23.4 Å². The Kier molecular flexibility index (Phi) is 6.47. The third-order valence-corrected chi connectivity index (χ3v) is 7.91. The largest absolute Gasteiger partial charge is 0.339 e. The minimum Gasteiger partial charge on any atom is -0.339 e. The Morgan fingerprint density at radius 2 is 1.59 bits per heavy atom. The molecule has 0 N–H and O–H groups in total. The Morgan fingerprint density at radius 1 is 1.00 bits per heavy atom. The van der Waals surface area contributed by atoms with Gasteiger partial charge in [0.15, 0.2) is 0 Å². The normalized spacial score (nSPS) is 16.9. The van der Waals surface area contributed by atoms with Gasteiger partial charge in [-0.1, -0.05) is 41.9 Å². The van der Waals surface area contributed by atoms with Crippen molar-refractivity contribution < 1.29 is 13.2 Å². The lowest BCUT2D eigenvalue weighted by Crippen LogP contribution is -2.52. The molecule has 27 heavy (non-hydrogen) atoms. The molecule has 2 aromatic carbocycles. The third kappa shape index (κ3) is 4.66. The van der Waals surface area contributed by atoms with Crippen molar-refractivity contribution >= 4 is 39.3 Å². The molecule has 0 spiro atoms. The summed E-state index contributed by atoms with van der Waals surface area (Å²) in [6, 6.07) is 16.2. The number of carbonyl (C=O) groups excluding carboxylic acids is 1. The van der Waals surface area contributed by atoms with Gasteiger partial charge >= 0.3 is 0 Å². The highest BCUT2D eigenvalue weighted by molar-refractivity contribution is 8.00. The van der Waals surface area contributed by atoms with Crippen LogP contribution in [0.3, 0.4) is 0 Å². The fourth-order valence-corrected chi connectivity index (χ4v) is 5.84. The van der Waals surface area contributed by atoms with Crippen molar-refractivity contribution in [2.24, 2.45) is 0 Å². The molecule has 1 unspecified atom stereocenters. The topological polar surface area (TPSA) is 57.7 Å². The monoisotopic (exact) mass is 424 g/mol. The average Bonchev–Trinajstić information content (AvgIpc) is 2.68. The Balaban J connectivity index is 1.61. The van der Waals surface area contributed by atoms with Crippen LogP contribution < -0.4 is 0 Å². The quantitative estimate of drug-likeness (QED) is 0.690. The number of benzene rings is 2. The van der Waals surface area contributed by atoms with Crippen molar-refractivity contribution in [2.75, 3.05) is 26.2 Å². The van der Waals surface area contributed by atoms with E-state index in [4.69, 9.17) is 11.6 Å². The molecule has 3 rings (SSSR count). The smallest absolute Gasteiger partial charge is 0.244 e. The van der Waals surface area contributed by atoms with Gasteiger partial charge in [0.2, 0.25) is 15.9 Å². The first-order valence-corrected chi connectivity index (χ1v) is 11.3. The zero-order valence-electron chi connectivity index (χ0n) is 14.9. The molecule has 0 bridgehead atoms. The Hall–Kier alpha value is -1.54. The second-order valence-corrected chi connectivity index (χ2v) is 9.96. The van der Waals surface area contributed by atoms with Gasteiger partial charge in [-0.15, -0.1) is 11.8 Å². The molecule has 0 radical (unpaired) electrons. The SMILES string of the molecule is CC(Sc1ccccc1)C(=O)N1CCN(S(=O)(=O)c2ccccc2Cl)CC1. The molecule has 1 heterocycles. The van der Waals surface area contributed by atoms with Gasteiger partial charge in [0.1, 0.15) is 4.90 Å². The number of hydrogen-bond donors (Lipinski definition) is 0. The lowest BCUT2D eigenvalue weighted by atomic mass is 10.3. The van der Waals surface area contributed by atoms with E-state index < -0.39 is 10.0 Å². The van der Waals surface area contributed by atoms with Crippen LogP contribution in [0.4, 0.5) is 0 Å². The van der Waals surface area contributed by atoms with Crippen LogP contribution in [-0.2, 0) is 14.8 Å². The van der Waals surface area contributed by atoms with E-state index in [0.29, 0.717) is 13.1 Å². The molecule has 5 nitrogen and oxygen atoms in total. The van der Waals surface area contributed by atoms with Gasteiger partial charge in [0, 0.05) is 31.1 Å². The first-order valence-electron chi connectivity index (χ1n) is 8.65. The summed E-state index contributed by atoms with van der Waals surface area (Å²) in [7, 11) is -3.65. The number of nitrogens with zero attached hydrogens (tertiary/aromatic N) is 2. The van der Waals surface area contributed by atoms with Crippen LogP contribution in [0.25, 0.3) is 0 Å².